The molecular formula is C21H25FN2O2. The summed E-state index contributed by atoms with van der Waals surface area (Å²) in [5.41, 5.74) is 7.44. The molecule has 2 aromatic carbocycles. The number of piperidine rings is 1. The molecule has 5 heteroatoms. The zero-order valence-electron chi connectivity index (χ0n) is 15.0. The van der Waals surface area contributed by atoms with Gasteiger partial charge in [0.15, 0.2) is 0 Å². The first-order chi connectivity index (χ1) is 12.5. The molecular weight excluding hydrogens is 331 g/mol. The van der Waals surface area contributed by atoms with Crippen LogP contribution in [0.2, 0.25) is 0 Å². The van der Waals surface area contributed by atoms with Crippen LogP contribution in [0.5, 0.6) is 5.75 Å². The van der Waals surface area contributed by atoms with E-state index in [9.17, 15) is 9.18 Å². The Labute approximate surface area is 153 Å². The van der Waals surface area contributed by atoms with Crippen LogP contribution < -0.4 is 10.5 Å². The van der Waals surface area contributed by atoms with Gasteiger partial charge in [0, 0.05) is 19.1 Å². The molecule has 1 aliphatic rings. The number of carbonyl (C=O) groups is 1. The van der Waals surface area contributed by atoms with E-state index in [-0.39, 0.29) is 24.4 Å². The van der Waals surface area contributed by atoms with Gasteiger partial charge in [-0.05, 0) is 55.5 Å². The topological polar surface area (TPSA) is 55.6 Å². The molecule has 0 radical (unpaired) electrons. The molecule has 2 N–H and O–H groups in total. The van der Waals surface area contributed by atoms with Crippen molar-refractivity contribution in [3.8, 4) is 5.75 Å². The summed E-state index contributed by atoms with van der Waals surface area (Å²) >= 11 is 0. The highest BCUT2D eigenvalue weighted by atomic mass is 19.1. The monoisotopic (exact) mass is 356 g/mol. The van der Waals surface area contributed by atoms with Gasteiger partial charge in [0.05, 0.1) is 5.56 Å². The van der Waals surface area contributed by atoms with Crippen molar-refractivity contribution in [1.82, 2.24) is 4.90 Å². The lowest BCUT2D eigenvalue weighted by molar-refractivity contribution is 0.0656. The van der Waals surface area contributed by atoms with Gasteiger partial charge in [-0.2, -0.15) is 0 Å². The number of nitrogens with zero attached hydrogens (tertiary/aromatic N) is 1. The first-order valence-corrected chi connectivity index (χ1v) is 9.05. The van der Waals surface area contributed by atoms with E-state index < -0.39 is 0 Å². The molecule has 4 nitrogen and oxygen atoms in total. The van der Waals surface area contributed by atoms with Gasteiger partial charge < -0.3 is 15.4 Å². The van der Waals surface area contributed by atoms with Gasteiger partial charge >= 0.3 is 0 Å². The van der Waals surface area contributed by atoms with Crippen molar-refractivity contribution in [2.24, 2.45) is 11.7 Å². The molecule has 2 aromatic rings. The summed E-state index contributed by atoms with van der Waals surface area (Å²) in [5, 5.41) is 0. The number of rotatable bonds is 5. The van der Waals surface area contributed by atoms with Crippen molar-refractivity contribution in [3.05, 3.63) is 65.5 Å². The van der Waals surface area contributed by atoms with E-state index in [2.05, 4.69) is 0 Å². The van der Waals surface area contributed by atoms with E-state index in [4.69, 9.17) is 10.5 Å². The molecule has 2 atom stereocenters. The number of halogens is 1. The number of hydrogen-bond acceptors (Lipinski definition) is 3. The lowest BCUT2D eigenvalue weighted by atomic mass is 9.92. The third kappa shape index (κ3) is 4.41. The molecule has 138 valence electrons. The molecule has 0 unspecified atom stereocenters. The van der Waals surface area contributed by atoms with Crippen LogP contribution in [0.25, 0.3) is 0 Å². The molecule has 1 aliphatic heterocycles. The van der Waals surface area contributed by atoms with Crippen molar-refractivity contribution in [2.75, 3.05) is 13.1 Å². The van der Waals surface area contributed by atoms with Gasteiger partial charge in [0.25, 0.3) is 5.91 Å². The zero-order valence-corrected chi connectivity index (χ0v) is 15.0. The molecule has 1 amide bonds. The maximum absolute atomic E-state index is 13.0. The van der Waals surface area contributed by atoms with Crippen LogP contribution in [-0.4, -0.2) is 29.9 Å². The van der Waals surface area contributed by atoms with Gasteiger partial charge in [0.2, 0.25) is 0 Å². The minimum Gasteiger partial charge on any atom is -0.488 e. The molecule has 3 rings (SSSR count). The molecule has 26 heavy (non-hydrogen) atoms. The molecule has 1 fully saturated rings. The fourth-order valence-electron chi connectivity index (χ4n) is 3.30. The van der Waals surface area contributed by atoms with E-state index in [1.54, 1.807) is 24.3 Å². The number of amides is 1. The van der Waals surface area contributed by atoms with Crippen LogP contribution in [0.3, 0.4) is 0 Å². The SMILES string of the molecule is C[C@@H](N)[C@H]1CCCN(C(=O)c2ccccc2OCc2ccc(F)cc2)C1. The Hall–Kier alpha value is -2.40. The Bertz CT molecular complexity index is 746. The summed E-state index contributed by atoms with van der Waals surface area (Å²) < 4.78 is 18.9. The number of ether oxygens (including phenoxy) is 1. The second-order valence-corrected chi connectivity index (χ2v) is 6.92. The quantitative estimate of drug-likeness (QED) is 0.890. The van der Waals surface area contributed by atoms with Crippen molar-refractivity contribution >= 4 is 5.91 Å². The normalized spacial score (nSPS) is 18.4. The predicted molar refractivity (Wildman–Crippen MR) is 99.5 cm³/mol. The Morgan fingerprint density at radius 2 is 2.00 bits per heavy atom. The third-order valence-corrected chi connectivity index (χ3v) is 4.91. The standard InChI is InChI=1S/C21H25FN2O2/c1-15(23)17-5-4-12-24(13-17)21(25)19-6-2-3-7-20(19)26-14-16-8-10-18(22)11-9-16/h2-3,6-11,15,17H,4-5,12-14,23H2,1H3/t15-,17+/m1/s1. The smallest absolute Gasteiger partial charge is 0.257 e. The first-order valence-electron chi connectivity index (χ1n) is 9.05. The van der Waals surface area contributed by atoms with Gasteiger partial charge in [-0.15, -0.1) is 0 Å². The Balaban J connectivity index is 1.71. The van der Waals surface area contributed by atoms with Crippen molar-refractivity contribution in [3.63, 3.8) is 0 Å². The summed E-state index contributed by atoms with van der Waals surface area (Å²) in [4.78, 5) is 14.9. The Morgan fingerprint density at radius 3 is 2.73 bits per heavy atom. The molecule has 0 spiro atoms. The van der Waals surface area contributed by atoms with E-state index >= 15 is 0 Å². The van der Waals surface area contributed by atoms with Gasteiger partial charge in [-0.3, -0.25) is 4.79 Å². The van der Waals surface area contributed by atoms with E-state index in [0.29, 0.717) is 23.8 Å². The highest BCUT2D eigenvalue weighted by Gasteiger charge is 2.27. The third-order valence-electron chi connectivity index (χ3n) is 4.91. The lowest BCUT2D eigenvalue weighted by Gasteiger charge is -2.35. The minimum atomic E-state index is -0.280. The van der Waals surface area contributed by atoms with Crippen LogP contribution in [0.4, 0.5) is 4.39 Å². The summed E-state index contributed by atoms with van der Waals surface area (Å²) in [5.74, 6) is 0.577. The molecule has 0 aromatic heterocycles. The van der Waals surface area contributed by atoms with Crippen molar-refractivity contribution < 1.29 is 13.9 Å². The molecule has 0 aliphatic carbocycles. The second-order valence-electron chi connectivity index (χ2n) is 6.92. The number of likely N-dealkylation sites (tertiary alicyclic amines) is 1. The van der Waals surface area contributed by atoms with Crippen LogP contribution in [-0.2, 0) is 6.61 Å². The number of para-hydroxylation sites is 1. The fraction of sp³-hybridized carbons (Fsp3) is 0.381. The predicted octanol–water partition coefficient (Wildman–Crippen LogP) is 3.60. The van der Waals surface area contributed by atoms with Crippen molar-refractivity contribution in [2.45, 2.75) is 32.4 Å². The van der Waals surface area contributed by atoms with E-state index in [1.165, 1.54) is 12.1 Å². The van der Waals surface area contributed by atoms with Gasteiger partial charge in [0.1, 0.15) is 18.2 Å². The zero-order chi connectivity index (χ0) is 18.5. The fourth-order valence-corrected chi connectivity index (χ4v) is 3.30. The van der Waals surface area contributed by atoms with Crippen LogP contribution in [0.1, 0.15) is 35.7 Å². The average molecular weight is 356 g/mol. The maximum atomic E-state index is 13.0. The highest BCUT2D eigenvalue weighted by Crippen LogP contribution is 2.25. The summed E-state index contributed by atoms with van der Waals surface area (Å²) in [6, 6.07) is 13.5. The lowest BCUT2D eigenvalue weighted by Crippen LogP contribution is -2.45. The van der Waals surface area contributed by atoms with E-state index in [0.717, 1.165) is 24.9 Å². The summed E-state index contributed by atoms with van der Waals surface area (Å²) in [6.45, 7) is 3.71. The molecule has 1 heterocycles. The number of carbonyl (C=O) groups excluding carboxylic acids is 1. The van der Waals surface area contributed by atoms with Crippen molar-refractivity contribution in [1.29, 1.82) is 0 Å². The summed E-state index contributed by atoms with van der Waals surface area (Å²) in [6.07, 6.45) is 2.03. The van der Waals surface area contributed by atoms with Crippen LogP contribution in [0, 0.1) is 11.7 Å². The molecule has 0 saturated carbocycles. The first kappa shape index (κ1) is 18.4. The number of hydrogen-bond donors (Lipinski definition) is 1. The highest BCUT2D eigenvalue weighted by molar-refractivity contribution is 5.97. The number of benzene rings is 2. The van der Waals surface area contributed by atoms with E-state index in [1.807, 2.05) is 24.0 Å². The largest absolute Gasteiger partial charge is 0.488 e. The maximum Gasteiger partial charge on any atom is 0.257 e. The Kier molecular flexibility index (Phi) is 5.89. The summed E-state index contributed by atoms with van der Waals surface area (Å²) in [7, 11) is 0. The Morgan fingerprint density at radius 1 is 1.27 bits per heavy atom. The van der Waals surface area contributed by atoms with Gasteiger partial charge in [-0.1, -0.05) is 24.3 Å². The van der Waals surface area contributed by atoms with Crippen LogP contribution in [0.15, 0.2) is 48.5 Å². The van der Waals surface area contributed by atoms with Gasteiger partial charge in [-0.25, -0.2) is 4.39 Å². The van der Waals surface area contributed by atoms with Crippen LogP contribution >= 0.6 is 0 Å². The molecule has 1 saturated heterocycles. The second kappa shape index (κ2) is 8.32. The minimum absolute atomic E-state index is 0.0231. The molecule has 0 bridgehead atoms. The average Bonchev–Trinajstić information content (AvgIpc) is 2.67. The number of nitrogens with two attached hydrogens (primary N) is 1.